The van der Waals surface area contributed by atoms with Crippen LogP contribution in [0.25, 0.3) is 34.4 Å². The van der Waals surface area contributed by atoms with Crippen molar-refractivity contribution in [3.63, 3.8) is 0 Å². The van der Waals surface area contributed by atoms with E-state index in [0.717, 1.165) is 36.5 Å². The minimum atomic E-state index is 0.387. The molecule has 27 heavy (non-hydrogen) atoms. The van der Waals surface area contributed by atoms with E-state index in [2.05, 4.69) is 30.6 Å². The highest BCUT2D eigenvalue weighted by Crippen LogP contribution is 2.31. The minimum absolute atomic E-state index is 0.387. The van der Waals surface area contributed by atoms with Gasteiger partial charge in [0, 0.05) is 30.1 Å². The zero-order valence-electron chi connectivity index (χ0n) is 15.0. The number of nitrogens with zero attached hydrogens (tertiary/aromatic N) is 4. The zero-order valence-corrected chi connectivity index (χ0v) is 15.0. The summed E-state index contributed by atoms with van der Waals surface area (Å²) in [6, 6.07) is 5.62. The van der Waals surface area contributed by atoms with Gasteiger partial charge in [0.05, 0.1) is 0 Å². The summed E-state index contributed by atoms with van der Waals surface area (Å²) in [4.78, 5) is 9.09. The fourth-order valence-electron chi connectivity index (χ4n) is 3.43. The number of aryl methyl sites for hydroxylation is 2. The lowest BCUT2D eigenvalue weighted by molar-refractivity contribution is 0.430. The van der Waals surface area contributed by atoms with E-state index in [1.165, 1.54) is 11.1 Å². The molecular formula is C19H18N6O2. The van der Waals surface area contributed by atoms with Gasteiger partial charge in [0.1, 0.15) is 17.1 Å². The number of hydrogen-bond acceptors (Lipinski definition) is 7. The first-order valence-corrected chi connectivity index (χ1v) is 8.84. The Balaban J connectivity index is 1.52. The van der Waals surface area contributed by atoms with Gasteiger partial charge < -0.3 is 14.3 Å². The lowest BCUT2D eigenvalue weighted by atomic mass is 9.95. The third kappa shape index (κ3) is 2.74. The predicted octanol–water partition coefficient (Wildman–Crippen LogP) is 3.04. The molecule has 0 atom stereocenters. The summed E-state index contributed by atoms with van der Waals surface area (Å²) >= 11 is 0. The molecule has 0 aliphatic carbocycles. The van der Waals surface area contributed by atoms with Gasteiger partial charge in [0.15, 0.2) is 5.76 Å². The van der Waals surface area contributed by atoms with E-state index in [9.17, 15) is 0 Å². The van der Waals surface area contributed by atoms with E-state index in [1.54, 1.807) is 0 Å². The predicted molar refractivity (Wildman–Crippen MR) is 97.7 cm³/mol. The Morgan fingerprint density at radius 2 is 2.11 bits per heavy atom. The first-order valence-electron chi connectivity index (χ1n) is 8.84. The number of fused-ring (bicyclic) bond motifs is 1. The van der Waals surface area contributed by atoms with E-state index < -0.39 is 0 Å². The second kappa shape index (κ2) is 6.17. The van der Waals surface area contributed by atoms with Crippen LogP contribution in [0.3, 0.4) is 0 Å². The van der Waals surface area contributed by atoms with Crippen LogP contribution in [-0.4, -0.2) is 31.9 Å². The van der Waals surface area contributed by atoms with Crippen LogP contribution >= 0.6 is 0 Å². The van der Waals surface area contributed by atoms with Crippen LogP contribution < -0.4 is 5.32 Å². The van der Waals surface area contributed by atoms with E-state index in [4.69, 9.17) is 8.94 Å². The average Bonchev–Trinajstić information content (AvgIpc) is 3.41. The zero-order chi connectivity index (χ0) is 18.4. The lowest BCUT2D eigenvalue weighted by Crippen LogP contribution is -2.24. The normalized spacial score (nSPS) is 13.7. The van der Waals surface area contributed by atoms with Crippen LogP contribution in [0, 0.1) is 13.8 Å². The molecule has 2 N–H and O–H groups in total. The van der Waals surface area contributed by atoms with Gasteiger partial charge in [0.2, 0.25) is 5.82 Å². The highest BCUT2D eigenvalue weighted by Gasteiger charge is 2.22. The molecule has 5 rings (SSSR count). The van der Waals surface area contributed by atoms with Crippen LogP contribution in [0.2, 0.25) is 0 Å². The number of hydrogen-bond donors (Lipinski definition) is 2. The standard InChI is InChI=1S/C19H18N6O2/c1-10-3-4-16(26-10)14-7-15(24-23-14)19-22-18(25-27-19)17-11(2)21-9-12-8-20-6-5-13(12)17/h3-4,7,9,20H,5-6,8H2,1-2H3,(H,23,24). The maximum Gasteiger partial charge on any atom is 0.276 e. The number of rotatable bonds is 3. The molecule has 0 spiro atoms. The van der Waals surface area contributed by atoms with Crippen molar-refractivity contribution >= 4 is 0 Å². The molecule has 0 aromatic carbocycles. The summed E-state index contributed by atoms with van der Waals surface area (Å²) in [6.45, 7) is 5.61. The van der Waals surface area contributed by atoms with Crippen molar-refractivity contribution in [3.05, 3.63) is 47.0 Å². The average molecular weight is 362 g/mol. The molecule has 1 aliphatic rings. The van der Waals surface area contributed by atoms with Crippen molar-refractivity contribution in [2.24, 2.45) is 0 Å². The van der Waals surface area contributed by atoms with Crippen molar-refractivity contribution in [3.8, 4) is 34.4 Å². The summed E-state index contributed by atoms with van der Waals surface area (Å²) in [5, 5.41) is 14.8. The molecule has 0 saturated carbocycles. The summed E-state index contributed by atoms with van der Waals surface area (Å²) < 4.78 is 11.1. The van der Waals surface area contributed by atoms with Gasteiger partial charge >= 0.3 is 0 Å². The Morgan fingerprint density at radius 3 is 2.96 bits per heavy atom. The van der Waals surface area contributed by atoms with Gasteiger partial charge in [-0.05, 0) is 50.1 Å². The third-order valence-corrected chi connectivity index (χ3v) is 4.78. The molecule has 1 aliphatic heterocycles. The quantitative estimate of drug-likeness (QED) is 0.577. The van der Waals surface area contributed by atoms with Crippen molar-refractivity contribution in [2.75, 3.05) is 6.54 Å². The lowest BCUT2D eigenvalue weighted by Gasteiger charge is -2.19. The molecule has 8 nitrogen and oxygen atoms in total. The molecule has 0 amide bonds. The minimum Gasteiger partial charge on any atom is -0.460 e. The van der Waals surface area contributed by atoms with Gasteiger partial charge in [-0.1, -0.05) is 5.16 Å². The molecule has 5 heterocycles. The van der Waals surface area contributed by atoms with Crippen molar-refractivity contribution < 1.29 is 8.94 Å². The molecule has 4 aromatic heterocycles. The number of nitrogens with one attached hydrogen (secondary N) is 2. The Kier molecular flexibility index (Phi) is 3.64. The van der Waals surface area contributed by atoms with Gasteiger partial charge in [-0.2, -0.15) is 10.1 Å². The molecule has 4 aromatic rings. The molecule has 0 saturated heterocycles. The third-order valence-electron chi connectivity index (χ3n) is 4.78. The Hall–Kier alpha value is -3.26. The monoisotopic (exact) mass is 362 g/mol. The van der Waals surface area contributed by atoms with Crippen molar-refractivity contribution in [2.45, 2.75) is 26.8 Å². The molecule has 8 heteroatoms. The molecule has 0 unspecified atom stereocenters. The van der Waals surface area contributed by atoms with Crippen LogP contribution in [0.1, 0.15) is 22.6 Å². The topological polar surface area (TPSA) is 106 Å². The van der Waals surface area contributed by atoms with Crippen molar-refractivity contribution in [1.82, 2.24) is 30.6 Å². The Bertz CT molecular complexity index is 1120. The SMILES string of the molecule is Cc1ccc(-c2cc(-c3nc(-c4c(C)ncc5c4CCNC5)no3)[nH]n2)o1. The first-order chi connectivity index (χ1) is 13.2. The van der Waals surface area contributed by atoms with Gasteiger partial charge in [-0.3, -0.25) is 10.1 Å². The van der Waals surface area contributed by atoms with E-state index in [0.29, 0.717) is 28.9 Å². The number of furan rings is 1. The fourth-order valence-corrected chi connectivity index (χ4v) is 3.43. The van der Waals surface area contributed by atoms with Gasteiger partial charge in [-0.25, -0.2) is 0 Å². The molecule has 0 fully saturated rings. The van der Waals surface area contributed by atoms with Crippen LogP contribution in [0.4, 0.5) is 0 Å². The maximum atomic E-state index is 5.61. The summed E-state index contributed by atoms with van der Waals surface area (Å²) in [5.74, 6) is 2.47. The first kappa shape index (κ1) is 16.0. The number of H-pyrrole nitrogens is 1. The fraction of sp³-hybridized carbons (Fsp3) is 0.263. The number of aromatic amines is 1. The second-order valence-electron chi connectivity index (χ2n) is 6.65. The summed E-state index contributed by atoms with van der Waals surface area (Å²) in [7, 11) is 0. The van der Waals surface area contributed by atoms with Gasteiger partial charge in [-0.15, -0.1) is 0 Å². The van der Waals surface area contributed by atoms with E-state index in [-0.39, 0.29) is 0 Å². The van der Waals surface area contributed by atoms with Gasteiger partial charge in [0.25, 0.3) is 5.89 Å². The smallest absolute Gasteiger partial charge is 0.276 e. The molecule has 136 valence electrons. The molecule has 0 bridgehead atoms. The van der Waals surface area contributed by atoms with Crippen LogP contribution in [-0.2, 0) is 13.0 Å². The largest absolute Gasteiger partial charge is 0.460 e. The van der Waals surface area contributed by atoms with Crippen LogP contribution in [0.5, 0.6) is 0 Å². The second-order valence-corrected chi connectivity index (χ2v) is 6.65. The van der Waals surface area contributed by atoms with E-state index >= 15 is 0 Å². The highest BCUT2D eigenvalue weighted by atomic mass is 16.5. The Labute approximate surface area is 155 Å². The Morgan fingerprint density at radius 1 is 1.19 bits per heavy atom. The van der Waals surface area contributed by atoms with E-state index in [1.807, 2.05) is 38.2 Å². The summed E-state index contributed by atoms with van der Waals surface area (Å²) in [5.41, 5.74) is 5.63. The highest BCUT2D eigenvalue weighted by molar-refractivity contribution is 5.67. The van der Waals surface area contributed by atoms with Crippen molar-refractivity contribution in [1.29, 1.82) is 0 Å². The summed E-state index contributed by atoms with van der Waals surface area (Å²) in [6.07, 6.45) is 2.85. The maximum absolute atomic E-state index is 5.61. The van der Waals surface area contributed by atoms with Crippen LogP contribution in [0.15, 0.2) is 33.3 Å². The molecular weight excluding hydrogens is 344 g/mol. The number of pyridine rings is 1. The molecule has 0 radical (unpaired) electrons. The number of aromatic nitrogens is 5.